The third-order valence-electron chi connectivity index (χ3n) is 0.267. The van der Waals surface area contributed by atoms with Crippen LogP contribution in [0.1, 0.15) is 0 Å². The van der Waals surface area contributed by atoms with Crippen LogP contribution in [0.5, 0.6) is 0 Å². The van der Waals surface area contributed by atoms with Gasteiger partial charge in [-0.3, -0.25) is 0 Å². The van der Waals surface area contributed by atoms with Crippen molar-refractivity contribution in [2.75, 3.05) is 0 Å². The van der Waals surface area contributed by atoms with Gasteiger partial charge in [0.1, 0.15) is 0 Å². The van der Waals surface area contributed by atoms with E-state index < -0.39 is 16.8 Å². The molecule has 0 bridgehead atoms. The molecule has 0 spiro atoms. The molecule has 0 unspecified atom stereocenters. The van der Waals surface area contributed by atoms with Gasteiger partial charge in [-0.1, -0.05) is 0 Å². The molecule has 0 radical (unpaired) electrons. The van der Waals surface area contributed by atoms with E-state index in [0.717, 1.165) is 0 Å². The highest BCUT2D eigenvalue weighted by molar-refractivity contribution is 7.93. The first kappa shape index (κ1) is 7.06. The topological polar surface area (TPSA) is 52.0 Å². The maximum atomic E-state index is 10.9. The average Bonchev–Trinajstić information content (AvgIpc) is 1.31. The molecule has 0 saturated carbocycles. The Morgan fingerprint density at radius 1 is 1.14 bits per heavy atom. The van der Waals surface area contributed by atoms with Gasteiger partial charge in [-0.2, -0.15) is 0 Å². The van der Waals surface area contributed by atoms with Gasteiger partial charge in [0.25, 0.3) is 11.3 Å². The third kappa shape index (κ3) is 2.72. The lowest BCUT2D eigenvalue weighted by atomic mass is 11.6. The summed E-state index contributed by atoms with van der Waals surface area (Å²) in [5.74, 6) is 0. The fourth-order valence-corrected chi connectivity index (χ4v) is 0. The molecule has 0 aliphatic heterocycles. The molecule has 0 amide bonds. The summed E-state index contributed by atoms with van der Waals surface area (Å²) in [5, 5.41) is 8.50. The first-order valence-electron chi connectivity index (χ1n) is 1.24. The minimum atomic E-state index is -4.42. The molecular weight excluding hydrogens is 129 g/mol. The molecule has 0 aromatic rings. The highest BCUT2D eigenvalue weighted by atomic mass is 32.2. The Morgan fingerprint density at radius 3 is 1.29 bits per heavy atom. The lowest BCUT2D eigenvalue weighted by molar-refractivity contribution is -0.0371. The average molecular weight is 133 g/mol. The highest BCUT2D eigenvalue weighted by Crippen LogP contribution is 2.17. The smallest absolute Gasteiger partial charge is 0.124 e. The van der Waals surface area contributed by atoms with Crippen molar-refractivity contribution in [3.8, 4) is 0 Å². The van der Waals surface area contributed by atoms with E-state index in [1.54, 1.807) is 0 Å². The molecule has 0 aromatic heterocycles. The van der Waals surface area contributed by atoms with Gasteiger partial charge < -0.3 is 0 Å². The fourth-order valence-electron chi connectivity index (χ4n) is 0. The molecule has 0 aliphatic carbocycles. The molecule has 0 heterocycles. The van der Waals surface area contributed by atoms with Gasteiger partial charge in [0, 0.05) is 0 Å². The number of nitrogens with two attached hydrogens (primary N) is 2. The van der Waals surface area contributed by atoms with Gasteiger partial charge in [-0.05, 0) is 0 Å². The first-order chi connectivity index (χ1) is 2.94. The van der Waals surface area contributed by atoms with E-state index in [2.05, 4.69) is 10.3 Å². The van der Waals surface area contributed by atoms with Crippen molar-refractivity contribution >= 4 is 11.3 Å². The predicted molar refractivity (Wildman–Crippen MR) is 21.8 cm³/mol. The molecule has 6 heteroatoms. The van der Waals surface area contributed by atoms with Crippen LogP contribution >= 0.6 is 0 Å². The molecule has 7 heavy (non-hydrogen) atoms. The summed E-state index contributed by atoms with van der Waals surface area (Å²) >= 11 is -2.43. The summed E-state index contributed by atoms with van der Waals surface area (Å²) in [4.78, 5) is 0. The van der Waals surface area contributed by atoms with E-state index >= 15 is 0 Å². The van der Waals surface area contributed by atoms with Crippen molar-refractivity contribution in [3.05, 3.63) is 0 Å². The molecule has 0 fully saturated rings. The highest BCUT2D eigenvalue weighted by Gasteiger charge is 2.47. The minimum absolute atomic E-state index is 2.43. The standard InChI is InChI=1S/CH3F3N2S/c2-1(3,4)7(5)6/h(H3,5,6)/p+1. The monoisotopic (exact) mass is 133 g/mol. The second-order valence-electron chi connectivity index (χ2n) is 0.818. The number of hydrogen-bond acceptors (Lipinski definition) is 2. The Hall–Kier alpha value is 0.0600. The van der Waals surface area contributed by atoms with E-state index in [1.807, 2.05) is 0 Å². The van der Waals surface area contributed by atoms with Crippen LogP contribution in [0.3, 0.4) is 0 Å². The van der Waals surface area contributed by atoms with Gasteiger partial charge >= 0.3 is 5.51 Å². The van der Waals surface area contributed by atoms with Gasteiger partial charge in [0.05, 0.1) is 0 Å². The molecule has 2 nitrogen and oxygen atoms in total. The lowest BCUT2D eigenvalue weighted by Gasteiger charge is -1.94. The van der Waals surface area contributed by atoms with E-state index in [4.69, 9.17) is 0 Å². The van der Waals surface area contributed by atoms with Crippen LogP contribution in [0.15, 0.2) is 0 Å². The zero-order chi connectivity index (χ0) is 6.08. The molecule has 44 valence electrons. The minimum Gasteiger partial charge on any atom is -0.124 e. The number of rotatable bonds is 0. The van der Waals surface area contributed by atoms with Gasteiger partial charge in [0.15, 0.2) is 0 Å². The molecule has 0 aromatic carbocycles. The summed E-state index contributed by atoms with van der Waals surface area (Å²) in [6.45, 7) is 0. The normalized spacial score (nSPS) is 12.9. The van der Waals surface area contributed by atoms with Crippen molar-refractivity contribution in [2.24, 2.45) is 10.3 Å². The van der Waals surface area contributed by atoms with Crippen LogP contribution in [-0.2, 0) is 11.3 Å². The predicted octanol–water partition coefficient (Wildman–Crippen LogP) is -0.128. The Bertz CT molecular complexity index is 58.4. The van der Waals surface area contributed by atoms with Gasteiger partial charge in [-0.25, -0.2) is 0 Å². The van der Waals surface area contributed by atoms with E-state index in [1.165, 1.54) is 0 Å². The zero-order valence-electron chi connectivity index (χ0n) is 3.20. The lowest BCUT2D eigenvalue weighted by Crippen LogP contribution is -2.38. The number of alkyl halides is 3. The molecule has 0 saturated heterocycles. The molecule has 4 N–H and O–H groups in total. The number of halogens is 3. The molecule has 0 atom stereocenters. The third-order valence-corrected chi connectivity index (χ3v) is 0.802. The van der Waals surface area contributed by atoms with Crippen molar-refractivity contribution in [1.29, 1.82) is 0 Å². The van der Waals surface area contributed by atoms with Crippen molar-refractivity contribution < 1.29 is 13.2 Å². The van der Waals surface area contributed by atoms with Crippen molar-refractivity contribution in [2.45, 2.75) is 5.51 Å². The van der Waals surface area contributed by atoms with Crippen LogP contribution < -0.4 is 10.3 Å². The summed E-state index contributed by atoms with van der Waals surface area (Å²) in [6, 6.07) is 0. The van der Waals surface area contributed by atoms with E-state index in [9.17, 15) is 13.2 Å². The van der Waals surface area contributed by atoms with Crippen LogP contribution in [0.2, 0.25) is 0 Å². The molecular formula is CH4F3N2S+. The Kier molecular flexibility index (Phi) is 1.91. The van der Waals surface area contributed by atoms with Crippen LogP contribution in [-0.4, -0.2) is 5.51 Å². The van der Waals surface area contributed by atoms with Crippen LogP contribution in [0, 0.1) is 0 Å². The second-order valence-corrected chi connectivity index (χ2v) is 2.02. The molecule has 0 aliphatic rings. The maximum absolute atomic E-state index is 10.9. The van der Waals surface area contributed by atoms with Crippen LogP contribution in [0.4, 0.5) is 13.2 Å². The molecule has 0 rings (SSSR count). The Morgan fingerprint density at radius 2 is 1.29 bits per heavy atom. The summed E-state index contributed by atoms with van der Waals surface area (Å²) in [5.41, 5.74) is -4.42. The van der Waals surface area contributed by atoms with Crippen LogP contribution in [0.25, 0.3) is 0 Å². The number of hydrogen-bond donors (Lipinski definition) is 2. The Balaban J connectivity index is 3.54. The first-order valence-corrected chi connectivity index (χ1v) is 2.59. The quantitative estimate of drug-likeness (QED) is 0.452. The zero-order valence-corrected chi connectivity index (χ0v) is 4.01. The maximum Gasteiger partial charge on any atom is 0.615 e. The van der Waals surface area contributed by atoms with Crippen molar-refractivity contribution in [1.82, 2.24) is 0 Å². The van der Waals surface area contributed by atoms with E-state index in [0.29, 0.717) is 0 Å². The summed E-state index contributed by atoms with van der Waals surface area (Å²) in [6.07, 6.45) is 0. The van der Waals surface area contributed by atoms with Gasteiger partial charge in [0.2, 0.25) is 0 Å². The Labute approximate surface area is 41.3 Å². The van der Waals surface area contributed by atoms with Crippen molar-refractivity contribution in [3.63, 3.8) is 0 Å². The fraction of sp³-hybridized carbons (Fsp3) is 1.00. The van der Waals surface area contributed by atoms with E-state index in [-0.39, 0.29) is 0 Å². The SMILES string of the molecule is N[S+](N)C(F)(F)F. The van der Waals surface area contributed by atoms with Gasteiger partial charge in [-0.15, -0.1) is 23.4 Å². The summed E-state index contributed by atoms with van der Waals surface area (Å²) in [7, 11) is 0. The second kappa shape index (κ2) is 1.89. The largest absolute Gasteiger partial charge is 0.615 e. The summed E-state index contributed by atoms with van der Waals surface area (Å²) < 4.78 is 32.8.